The van der Waals surface area contributed by atoms with Crippen molar-refractivity contribution >= 4 is 34.2 Å². The zero-order valence-electron chi connectivity index (χ0n) is 20.3. The highest BCUT2D eigenvalue weighted by Crippen LogP contribution is 2.44. The molecule has 0 radical (unpaired) electrons. The van der Waals surface area contributed by atoms with Gasteiger partial charge in [0, 0.05) is 0 Å². The number of allylic oxidation sites excluding steroid dienone is 1. The standard InChI is InChI=1S/C27H27N3O5S/c1-4-5-15-35-21-14-12-19(16-22(21)34-3)24-23(20(31)13-11-18-9-7-6-8-10-18)25(32)26(33)30(24)27-29-28-17(2)36-27/h6-14,16,24,32H,4-5,15H2,1-3H3. The zero-order valence-corrected chi connectivity index (χ0v) is 21.1. The molecule has 1 unspecified atom stereocenters. The van der Waals surface area contributed by atoms with Crippen molar-refractivity contribution in [2.75, 3.05) is 18.6 Å². The number of benzene rings is 2. The van der Waals surface area contributed by atoms with Crippen molar-refractivity contribution in [1.82, 2.24) is 10.2 Å². The minimum absolute atomic E-state index is 0.0401. The molecule has 1 atom stereocenters. The Morgan fingerprint density at radius 3 is 2.61 bits per heavy atom. The molecular weight excluding hydrogens is 478 g/mol. The topological polar surface area (TPSA) is 102 Å². The summed E-state index contributed by atoms with van der Waals surface area (Å²) in [7, 11) is 1.53. The summed E-state index contributed by atoms with van der Waals surface area (Å²) < 4.78 is 11.4. The second-order valence-electron chi connectivity index (χ2n) is 8.16. The highest BCUT2D eigenvalue weighted by molar-refractivity contribution is 7.15. The molecule has 0 saturated carbocycles. The number of aryl methyl sites for hydroxylation is 1. The fourth-order valence-electron chi connectivity index (χ4n) is 3.88. The second kappa shape index (κ2) is 11.2. The van der Waals surface area contributed by atoms with Gasteiger partial charge in [-0.2, -0.15) is 0 Å². The van der Waals surface area contributed by atoms with Crippen LogP contribution in [0, 0.1) is 6.92 Å². The first-order chi connectivity index (χ1) is 17.4. The maximum Gasteiger partial charge on any atom is 0.296 e. The van der Waals surface area contributed by atoms with Crippen LogP contribution in [0.25, 0.3) is 6.08 Å². The van der Waals surface area contributed by atoms with Gasteiger partial charge in [-0.05, 0) is 42.7 Å². The molecular formula is C27H27N3O5S. The second-order valence-corrected chi connectivity index (χ2v) is 9.32. The number of amides is 1. The first kappa shape index (κ1) is 25.1. The Hall–Kier alpha value is -3.98. The summed E-state index contributed by atoms with van der Waals surface area (Å²) in [5.74, 6) is -0.793. The third kappa shape index (κ3) is 5.16. The summed E-state index contributed by atoms with van der Waals surface area (Å²) in [6.07, 6.45) is 4.89. The molecule has 2 heterocycles. The van der Waals surface area contributed by atoms with Gasteiger partial charge in [0.15, 0.2) is 23.0 Å². The van der Waals surface area contributed by atoms with Crippen molar-refractivity contribution in [3.05, 3.63) is 82.1 Å². The first-order valence-electron chi connectivity index (χ1n) is 11.6. The minimum atomic E-state index is -0.920. The van der Waals surface area contributed by atoms with Crippen LogP contribution < -0.4 is 14.4 Å². The molecule has 3 aromatic rings. The molecule has 1 N–H and O–H groups in total. The van der Waals surface area contributed by atoms with Gasteiger partial charge in [-0.3, -0.25) is 14.5 Å². The number of aromatic nitrogens is 2. The van der Waals surface area contributed by atoms with Crippen molar-refractivity contribution < 1.29 is 24.2 Å². The van der Waals surface area contributed by atoms with Gasteiger partial charge in [0.05, 0.1) is 25.3 Å². The molecule has 186 valence electrons. The summed E-state index contributed by atoms with van der Waals surface area (Å²) in [5.41, 5.74) is 1.34. The van der Waals surface area contributed by atoms with Crippen LogP contribution >= 0.6 is 11.3 Å². The van der Waals surface area contributed by atoms with E-state index < -0.39 is 23.5 Å². The fourth-order valence-corrected chi connectivity index (χ4v) is 4.59. The van der Waals surface area contributed by atoms with Crippen molar-refractivity contribution in [3.8, 4) is 11.5 Å². The van der Waals surface area contributed by atoms with Crippen LogP contribution in [0.2, 0.25) is 0 Å². The van der Waals surface area contributed by atoms with E-state index in [1.54, 1.807) is 31.2 Å². The van der Waals surface area contributed by atoms with Gasteiger partial charge in [0.2, 0.25) is 5.13 Å². The van der Waals surface area contributed by atoms with Crippen molar-refractivity contribution in [3.63, 3.8) is 0 Å². The molecule has 0 saturated heterocycles. The average molecular weight is 506 g/mol. The van der Waals surface area contributed by atoms with Crippen LogP contribution in [0.4, 0.5) is 5.13 Å². The van der Waals surface area contributed by atoms with Gasteiger partial charge < -0.3 is 14.6 Å². The summed E-state index contributed by atoms with van der Waals surface area (Å²) in [4.78, 5) is 27.9. The number of anilines is 1. The number of nitrogens with zero attached hydrogens (tertiary/aromatic N) is 3. The normalized spacial score (nSPS) is 15.7. The van der Waals surface area contributed by atoms with Gasteiger partial charge in [-0.25, -0.2) is 0 Å². The van der Waals surface area contributed by atoms with E-state index in [9.17, 15) is 14.7 Å². The SMILES string of the molecule is CCCCOc1ccc(C2C(C(=O)C=Cc3ccccc3)=C(O)C(=O)N2c2nnc(C)s2)cc1OC. The van der Waals surface area contributed by atoms with Crippen LogP contribution in [0.5, 0.6) is 11.5 Å². The molecule has 0 fully saturated rings. The lowest BCUT2D eigenvalue weighted by Gasteiger charge is -2.24. The van der Waals surface area contributed by atoms with E-state index in [4.69, 9.17) is 9.47 Å². The van der Waals surface area contributed by atoms with Crippen LogP contribution in [0.3, 0.4) is 0 Å². The molecule has 1 aromatic heterocycles. The van der Waals surface area contributed by atoms with Gasteiger partial charge in [-0.1, -0.05) is 67.2 Å². The Labute approximate surface area is 213 Å². The number of ether oxygens (including phenoxy) is 2. The predicted molar refractivity (Wildman–Crippen MR) is 138 cm³/mol. The van der Waals surface area contributed by atoms with Gasteiger partial charge in [-0.15, -0.1) is 10.2 Å². The van der Waals surface area contributed by atoms with E-state index in [2.05, 4.69) is 17.1 Å². The van der Waals surface area contributed by atoms with Crippen LogP contribution in [-0.4, -0.2) is 40.7 Å². The Balaban J connectivity index is 1.76. The van der Waals surface area contributed by atoms with E-state index in [1.165, 1.54) is 29.4 Å². The fraction of sp³-hybridized carbons (Fsp3) is 0.259. The quantitative estimate of drug-likeness (QED) is 0.298. The molecule has 1 aliphatic rings. The van der Waals surface area contributed by atoms with Crippen molar-refractivity contribution in [1.29, 1.82) is 0 Å². The van der Waals surface area contributed by atoms with Crippen LogP contribution in [-0.2, 0) is 9.59 Å². The van der Waals surface area contributed by atoms with Crippen LogP contribution in [0.15, 0.2) is 65.9 Å². The highest BCUT2D eigenvalue weighted by Gasteiger charge is 2.45. The molecule has 0 bridgehead atoms. The van der Waals surface area contributed by atoms with Gasteiger partial charge in [0.25, 0.3) is 5.91 Å². The molecule has 0 aliphatic carbocycles. The summed E-state index contributed by atoms with van der Waals surface area (Å²) >= 11 is 1.20. The predicted octanol–water partition coefficient (Wildman–Crippen LogP) is 5.22. The molecule has 9 heteroatoms. The average Bonchev–Trinajstić information content (AvgIpc) is 3.43. The number of rotatable bonds is 10. The number of ketones is 1. The summed E-state index contributed by atoms with van der Waals surface area (Å²) in [5, 5.41) is 19.9. The zero-order chi connectivity index (χ0) is 25.7. The van der Waals surface area contributed by atoms with E-state index in [-0.39, 0.29) is 10.7 Å². The lowest BCUT2D eigenvalue weighted by molar-refractivity contribution is -0.117. The van der Waals surface area contributed by atoms with Crippen LogP contribution in [0.1, 0.15) is 41.9 Å². The minimum Gasteiger partial charge on any atom is -0.503 e. The maximum absolute atomic E-state index is 13.4. The Morgan fingerprint density at radius 2 is 1.94 bits per heavy atom. The number of unbranched alkanes of at least 4 members (excludes halogenated alkanes) is 1. The van der Waals surface area contributed by atoms with E-state index in [1.807, 2.05) is 30.3 Å². The Bertz CT molecular complexity index is 1320. The summed E-state index contributed by atoms with van der Waals surface area (Å²) in [6.45, 7) is 4.39. The number of methoxy groups -OCH3 is 1. The number of carbonyl (C=O) groups excluding carboxylic acids is 2. The molecule has 2 aromatic carbocycles. The third-order valence-corrected chi connectivity index (χ3v) is 6.52. The summed E-state index contributed by atoms with van der Waals surface area (Å²) in [6, 6.07) is 13.6. The first-order valence-corrected chi connectivity index (χ1v) is 12.4. The maximum atomic E-state index is 13.4. The largest absolute Gasteiger partial charge is 0.503 e. The molecule has 1 aliphatic heterocycles. The van der Waals surface area contributed by atoms with E-state index >= 15 is 0 Å². The van der Waals surface area contributed by atoms with Crippen molar-refractivity contribution in [2.24, 2.45) is 0 Å². The molecule has 36 heavy (non-hydrogen) atoms. The molecule has 1 amide bonds. The lowest BCUT2D eigenvalue weighted by atomic mass is 9.95. The van der Waals surface area contributed by atoms with Crippen molar-refractivity contribution in [2.45, 2.75) is 32.7 Å². The molecule has 0 spiro atoms. The van der Waals surface area contributed by atoms with Gasteiger partial charge >= 0.3 is 0 Å². The van der Waals surface area contributed by atoms with Gasteiger partial charge in [0.1, 0.15) is 5.01 Å². The lowest BCUT2D eigenvalue weighted by Crippen LogP contribution is -2.30. The molecule has 8 nitrogen and oxygen atoms in total. The number of carbonyl (C=O) groups is 2. The number of hydrogen-bond donors (Lipinski definition) is 1. The number of aliphatic hydroxyl groups is 1. The highest BCUT2D eigenvalue weighted by atomic mass is 32.1. The van der Waals surface area contributed by atoms with E-state index in [0.717, 1.165) is 18.4 Å². The molecule has 4 rings (SSSR count). The number of hydrogen-bond acceptors (Lipinski definition) is 8. The smallest absolute Gasteiger partial charge is 0.296 e. The monoisotopic (exact) mass is 505 g/mol. The number of aliphatic hydroxyl groups excluding tert-OH is 1. The third-order valence-electron chi connectivity index (χ3n) is 5.68. The Kier molecular flexibility index (Phi) is 7.80. The Morgan fingerprint density at radius 1 is 1.17 bits per heavy atom. The van der Waals surface area contributed by atoms with E-state index in [0.29, 0.717) is 28.7 Å².